The molecule has 0 aliphatic rings. The standard InChI is InChI=1S/C27H30N6S/c1-3-9-23(10-4-1)28-17-7-20-33(21-8-18-29-24-11-5-2-6-12-24)26-15-13-25(14-16-26)31-32-27-30-19-22-34-27/h1-6,9-16,19,22,28-29H,7-8,17-18,20-21H2. The van der Waals surface area contributed by atoms with E-state index in [0.717, 1.165) is 56.1 Å². The molecule has 7 heteroatoms. The van der Waals surface area contributed by atoms with E-state index >= 15 is 0 Å². The van der Waals surface area contributed by atoms with E-state index in [1.807, 2.05) is 29.6 Å². The van der Waals surface area contributed by atoms with E-state index in [4.69, 9.17) is 0 Å². The van der Waals surface area contributed by atoms with Crippen molar-refractivity contribution in [3.8, 4) is 0 Å². The third-order valence-electron chi connectivity index (χ3n) is 5.30. The Balaban J connectivity index is 1.32. The summed E-state index contributed by atoms with van der Waals surface area (Å²) in [6, 6.07) is 29.0. The molecule has 0 saturated heterocycles. The van der Waals surface area contributed by atoms with Crippen LogP contribution >= 0.6 is 11.3 Å². The minimum absolute atomic E-state index is 0.669. The average molecular weight is 471 g/mol. The lowest BCUT2D eigenvalue weighted by molar-refractivity contribution is 0.718. The third-order valence-corrected chi connectivity index (χ3v) is 5.96. The Morgan fingerprint density at radius 3 is 1.82 bits per heavy atom. The van der Waals surface area contributed by atoms with E-state index < -0.39 is 0 Å². The Morgan fingerprint density at radius 2 is 1.29 bits per heavy atom. The number of hydrogen-bond acceptors (Lipinski definition) is 7. The second kappa shape index (κ2) is 13.1. The molecule has 4 aromatic rings. The van der Waals surface area contributed by atoms with Crippen LogP contribution in [0.2, 0.25) is 0 Å². The summed E-state index contributed by atoms with van der Waals surface area (Å²) < 4.78 is 0. The first-order valence-electron chi connectivity index (χ1n) is 11.6. The van der Waals surface area contributed by atoms with Gasteiger partial charge in [-0.3, -0.25) is 0 Å². The highest BCUT2D eigenvalue weighted by Crippen LogP contribution is 2.23. The summed E-state index contributed by atoms with van der Waals surface area (Å²) in [6.45, 7) is 3.82. The van der Waals surface area contributed by atoms with E-state index in [0.29, 0.717) is 5.13 Å². The van der Waals surface area contributed by atoms with Crippen molar-refractivity contribution in [2.24, 2.45) is 10.2 Å². The molecule has 0 amide bonds. The zero-order valence-electron chi connectivity index (χ0n) is 19.2. The molecule has 0 spiro atoms. The van der Waals surface area contributed by atoms with Gasteiger partial charge in [-0.2, -0.15) is 0 Å². The third kappa shape index (κ3) is 7.71. The van der Waals surface area contributed by atoms with Gasteiger partial charge in [-0.25, -0.2) is 4.98 Å². The first kappa shape index (κ1) is 23.4. The SMILES string of the molecule is c1ccc(NCCCN(CCCNc2ccccc2)c2ccc(N=Nc3nccs3)cc2)cc1. The molecule has 1 heterocycles. The van der Waals surface area contributed by atoms with Crippen LogP contribution in [0.5, 0.6) is 0 Å². The van der Waals surface area contributed by atoms with Gasteiger partial charge >= 0.3 is 0 Å². The maximum Gasteiger partial charge on any atom is 0.229 e. The topological polar surface area (TPSA) is 64.9 Å². The van der Waals surface area contributed by atoms with Gasteiger partial charge in [-0.05, 0) is 61.4 Å². The van der Waals surface area contributed by atoms with Crippen molar-refractivity contribution >= 4 is 39.2 Å². The molecule has 3 aromatic carbocycles. The second-order valence-corrected chi connectivity index (χ2v) is 8.68. The van der Waals surface area contributed by atoms with Crippen molar-refractivity contribution in [1.82, 2.24) is 4.98 Å². The highest BCUT2D eigenvalue weighted by molar-refractivity contribution is 7.13. The lowest BCUT2D eigenvalue weighted by atomic mass is 10.2. The molecule has 34 heavy (non-hydrogen) atoms. The van der Waals surface area contributed by atoms with Crippen LogP contribution in [0.25, 0.3) is 0 Å². The van der Waals surface area contributed by atoms with E-state index in [-0.39, 0.29) is 0 Å². The Labute approximate surface area is 205 Å². The molecule has 0 saturated carbocycles. The van der Waals surface area contributed by atoms with Crippen molar-refractivity contribution in [1.29, 1.82) is 0 Å². The Bertz CT molecular complexity index is 1050. The normalized spacial score (nSPS) is 10.9. The first-order valence-corrected chi connectivity index (χ1v) is 12.5. The number of nitrogens with one attached hydrogen (secondary N) is 2. The van der Waals surface area contributed by atoms with E-state index in [1.165, 1.54) is 17.0 Å². The fraction of sp³-hybridized carbons (Fsp3) is 0.222. The molecule has 0 atom stereocenters. The lowest BCUT2D eigenvalue weighted by Gasteiger charge is -2.25. The number of para-hydroxylation sites is 2. The van der Waals surface area contributed by atoms with Gasteiger partial charge in [-0.1, -0.05) is 36.4 Å². The summed E-state index contributed by atoms with van der Waals surface area (Å²) in [6.07, 6.45) is 3.83. The van der Waals surface area contributed by atoms with Crippen LogP contribution in [0.15, 0.2) is 107 Å². The summed E-state index contributed by atoms with van der Waals surface area (Å²) in [5.41, 5.74) is 4.36. The Morgan fingerprint density at radius 1 is 0.706 bits per heavy atom. The van der Waals surface area contributed by atoms with Gasteiger partial charge in [0, 0.05) is 54.8 Å². The van der Waals surface area contributed by atoms with Crippen molar-refractivity contribution < 1.29 is 0 Å². The summed E-state index contributed by atoms with van der Waals surface area (Å²) in [7, 11) is 0. The molecule has 0 aliphatic carbocycles. The minimum atomic E-state index is 0.669. The highest BCUT2D eigenvalue weighted by Gasteiger charge is 2.07. The molecule has 174 valence electrons. The molecule has 4 rings (SSSR count). The molecule has 0 aliphatic heterocycles. The van der Waals surface area contributed by atoms with E-state index in [9.17, 15) is 0 Å². The van der Waals surface area contributed by atoms with Crippen LogP contribution < -0.4 is 15.5 Å². The zero-order valence-corrected chi connectivity index (χ0v) is 20.0. The van der Waals surface area contributed by atoms with Crippen molar-refractivity contribution in [3.05, 3.63) is 96.5 Å². The van der Waals surface area contributed by atoms with Gasteiger partial charge in [0.15, 0.2) is 0 Å². The van der Waals surface area contributed by atoms with Gasteiger partial charge < -0.3 is 15.5 Å². The number of aromatic nitrogens is 1. The Kier molecular flexibility index (Phi) is 9.04. The van der Waals surface area contributed by atoms with Gasteiger partial charge in [-0.15, -0.1) is 21.6 Å². The molecule has 0 fully saturated rings. The van der Waals surface area contributed by atoms with Crippen molar-refractivity contribution in [3.63, 3.8) is 0 Å². The minimum Gasteiger partial charge on any atom is -0.385 e. The molecular formula is C27H30N6S. The highest BCUT2D eigenvalue weighted by atomic mass is 32.1. The van der Waals surface area contributed by atoms with Crippen molar-refractivity contribution in [2.75, 3.05) is 41.7 Å². The lowest BCUT2D eigenvalue weighted by Crippen LogP contribution is -2.28. The van der Waals surface area contributed by atoms with Gasteiger partial charge in [0.1, 0.15) is 0 Å². The van der Waals surface area contributed by atoms with Crippen LogP contribution in [0.3, 0.4) is 0 Å². The number of nitrogens with zero attached hydrogens (tertiary/aromatic N) is 4. The van der Waals surface area contributed by atoms with Gasteiger partial charge in [0.05, 0.1) is 5.69 Å². The first-order chi connectivity index (χ1) is 16.9. The van der Waals surface area contributed by atoms with E-state index in [2.05, 4.69) is 91.4 Å². The van der Waals surface area contributed by atoms with Gasteiger partial charge in [0.2, 0.25) is 5.13 Å². The van der Waals surface area contributed by atoms with Crippen LogP contribution in [-0.2, 0) is 0 Å². The maximum absolute atomic E-state index is 4.30. The molecule has 0 radical (unpaired) electrons. The number of anilines is 3. The predicted molar refractivity (Wildman–Crippen MR) is 144 cm³/mol. The molecule has 2 N–H and O–H groups in total. The number of rotatable bonds is 13. The second-order valence-electron chi connectivity index (χ2n) is 7.81. The van der Waals surface area contributed by atoms with Crippen LogP contribution in [0, 0.1) is 0 Å². The zero-order chi connectivity index (χ0) is 23.3. The summed E-state index contributed by atoms with van der Waals surface area (Å²) in [4.78, 5) is 6.59. The fourth-order valence-corrected chi connectivity index (χ4v) is 4.04. The van der Waals surface area contributed by atoms with Crippen LogP contribution in [0.1, 0.15) is 12.8 Å². The maximum atomic E-state index is 4.30. The summed E-state index contributed by atoms with van der Waals surface area (Å²) >= 11 is 1.48. The molecular weight excluding hydrogens is 440 g/mol. The van der Waals surface area contributed by atoms with Gasteiger partial charge in [0.25, 0.3) is 0 Å². The predicted octanol–water partition coefficient (Wildman–Crippen LogP) is 7.37. The van der Waals surface area contributed by atoms with Crippen molar-refractivity contribution in [2.45, 2.75) is 12.8 Å². The van der Waals surface area contributed by atoms with Crippen LogP contribution in [-0.4, -0.2) is 31.2 Å². The largest absolute Gasteiger partial charge is 0.385 e. The summed E-state index contributed by atoms with van der Waals surface area (Å²) in [5.74, 6) is 0. The number of benzene rings is 3. The molecule has 0 unspecified atom stereocenters. The number of azo groups is 1. The monoisotopic (exact) mass is 470 g/mol. The Hall–Kier alpha value is -3.71. The molecule has 6 nitrogen and oxygen atoms in total. The summed E-state index contributed by atoms with van der Waals surface area (Å²) in [5, 5.41) is 18.1. The van der Waals surface area contributed by atoms with Crippen LogP contribution in [0.4, 0.5) is 27.9 Å². The molecule has 0 bridgehead atoms. The quantitative estimate of drug-likeness (QED) is 0.158. The number of thiazole rings is 1. The fourth-order valence-electron chi connectivity index (χ4n) is 3.58. The average Bonchev–Trinajstić information content (AvgIpc) is 3.42. The smallest absolute Gasteiger partial charge is 0.229 e. The molecule has 1 aromatic heterocycles. The van der Waals surface area contributed by atoms with E-state index in [1.54, 1.807) is 6.20 Å². The number of hydrogen-bond donors (Lipinski definition) is 2.